The molecule has 0 radical (unpaired) electrons. The second-order valence-electron chi connectivity index (χ2n) is 4.08. The molecule has 4 nitrogen and oxygen atoms in total. The Bertz CT molecular complexity index is 239. The molecule has 0 aromatic heterocycles. The highest BCUT2D eigenvalue weighted by Crippen LogP contribution is 2.22. The molecule has 0 heterocycles. The Morgan fingerprint density at radius 3 is 1.81 bits per heavy atom. The van der Waals surface area contributed by atoms with E-state index in [1.165, 1.54) is 0 Å². The molecule has 94 valence electrons. The van der Waals surface area contributed by atoms with Crippen molar-refractivity contribution in [3.05, 3.63) is 12.2 Å². The summed E-state index contributed by atoms with van der Waals surface area (Å²) in [7, 11) is 0. The number of aliphatic carboxylic acids is 2. The molecule has 0 bridgehead atoms. The first-order valence-electron chi connectivity index (χ1n) is 5.33. The third kappa shape index (κ3) is 10.8. The SMILES string of the molecule is C=C(C(=O)O)C(CC)CC(C)C.CC(=O)O. The first-order chi connectivity index (χ1) is 7.22. The summed E-state index contributed by atoms with van der Waals surface area (Å²) in [6, 6.07) is 0. The van der Waals surface area contributed by atoms with Crippen LogP contribution in [0.25, 0.3) is 0 Å². The van der Waals surface area contributed by atoms with Crippen molar-refractivity contribution in [2.24, 2.45) is 11.8 Å². The standard InChI is InChI=1S/C10H18O2.C2H4O2/c1-5-9(6-7(2)3)8(4)10(11)12;1-2(3)4/h7,9H,4-6H2,1-3H3,(H,11,12);1H3,(H,3,4). The van der Waals surface area contributed by atoms with Crippen LogP contribution < -0.4 is 0 Å². The number of hydrogen-bond acceptors (Lipinski definition) is 2. The number of carboxylic acid groups (broad SMARTS) is 2. The van der Waals surface area contributed by atoms with Gasteiger partial charge in [-0.15, -0.1) is 0 Å². The molecule has 0 amide bonds. The summed E-state index contributed by atoms with van der Waals surface area (Å²) in [5, 5.41) is 16.1. The van der Waals surface area contributed by atoms with E-state index in [1.54, 1.807) is 0 Å². The first-order valence-corrected chi connectivity index (χ1v) is 5.33. The van der Waals surface area contributed by atoms with Crippen LogP contribution in [0.1, 0.15) is 40.5 Å². The molecule has 2 N–H and O–H groups in total. The molecule has 0 aromatic carbocycles. The van der Waals surface area contributed by atoms with Gasteiger partial charge in [0, 0.05) is 12.5 Å². The van der Waals surface area contributed by atoms with Crippen molar-refractivity contribution in [1.29, 1.82) is 0 Å². The highest BCUT2D eigenvalue weighted by molar-refractivity contribution is 5.86. The lowest BCUT2D eigenvalue weighted by atomic mass is 9.89. The fourth-order valence-corrected chi connectivity index (χ4v) is 1.30. The summed E-state index contributed by atoms with van der Waals surface area (Å²) < 4.78 is 0. The Balaban J connectivity index is 0. The molecule has 1 atom stereocenters. The van der Waals surface area contributed by atoms with Crippen molar-refractivity contribution in [2.75, 3.05) is 0 Å². The lowest BCUT2D eigenvalue weighted by Gasteiger charge is -2.16. The van der Waals surface area contributed by atoms with Crippen molar-refractivity contribution in [3.63, 3.8) is 0 Å². The van der Waals surface area contributed by atoms with E-state index in [-0.39, 0.29) is 5.92 Å². The van der Waals surface area contributed by atoms with E-state index in [0.717, 1.165) is 19.8 Å². The normalized spacial score (nSPS) is 11.3. The quantitative estimate of drug-likeness (QED) is 0.712. The van der Waals surface area contributed by atoms with Gasteiger partial charge < -0.3 is 10.2 Å². The van der Waals surface area contributed by atoms with Crippen molar-refractivity contribution in [1.82, 2.24) is 0 Å². The maximum Gasteiger partial charge on any atom is 0.331 e. The van der Waals surface area contributed by atoms with Gasteiger partial charge in [-0.05, 0) is 24.7 Å². The third-order valence-electron chi connectivity index (χ3n) is 2.02. The van der Waals surface area contributed by atoms with Crippen LogP contribution in [0.4, 0.5) is 0 Å². The molecule has 0 saturated heterocycles. The fraction of sp³-hybridized carbons (Fsp3) is 0.667. The minimum atomic E-state index is -0.859. The number of hydrogen-bond donors (Lipinski definition) is 2. The molecular weight excluding hydrogens is 208 g/mol. The molecule has 0 aromatic rings. The Labute approximate surface area is 97.0 Å². The Hall–Kier alpha value is -1.32. The highest BCUT2D eigenvalue weighted by atomic mass is 16.4. The summed E-state index contributed by atoms with van der Waals surface area (Å²) >= 11 is 0. The Morgan fingerprint density at radius 1 is 1.25 bits per heavy atom. The van der Waals surface area contributed by atoms with E-state index in [2.05, 4.69) is 20.4 Å². The van der Waals surface area contributed by atoms with Gasteiger partial charge >= 0.3 is 5.97 Å². The van der Waals surface area contributed by atoms with E-state index in [4.69, 9.17) is 15.0 Å². The average molecular weight is 230 g/mol. The molecule has 0 fully saturated rings. The topological polar surface area (TPSA) is 74.6 Å². The first kappa shape index (κ1) is 17.1. The van der Waals surface area contributed by atoms with Crippen molar-refractivity contribution >= 4 is 11.9 Å². The van der Waals surface area contributed by atoms with Crippen LogP contribution in [0, 0.1) is 11.8 Å². The monoisotopic (exact) mass is 230 g/mol. The fourth-order valence-electron chi connectivity index (χ4n) is 1.30. The zero-order valence-electron chi connectivity index (χ0n) is 10.5. The smallest absolute Gasteiger partial charge is 0.331 e. The van der Waals surface area contributed by atoms with Crippen LogP contribution in [0.15, 0.2) is 12.2 Å². The lowest BCUT2D eigenvalue weighted by Crippen LogP contribution is -2.13. The van der Waals surface area contributed by atoms with Gasteiger partial charge in [-0.2, -0.15) is 0 Å². The van der Waals surface area contributed by atoms with Crippen LogP contribution in [0.5, 0.6) is 0 Å². The molecule has 1 unspecified atom stereocenters. The summed E-state index contributed by atoms with van der Waals surface area (Å²) in [6.45, 7) is 10.9. The Morgan fingerprint density at radius 2 is 1.62 bits per heavy atom. The van der Waals surface area contributed by atoms with Crippen molar-refractivity contribution < 1.29 is 19.8 Å². The maximum absolute atomic E-state index is 10.6. The molecule has 0 aliphatic carbocycles. The van der Waals surface area contributed by atoms with Gasteiger partial charge in [-0.3, -0.25) is 4.79 Å². The van der Waals surface area contributed by atoms with E-state index in [0.29, 0.717) is 11.5 Å². The second kappa shape index (κ2) is 8.95. The van der Waals surface area contributed by atoms with E-state index in [9.17, 15) is 4.79 Å². The van der Waals surface area contributed by atoms with E-state index >= 15 is 0 Å². The van der Waals surface area contributed by atoms with Gasteiger partial charge in [-0.1, -0.05) is 27.4 Å². The summed E-state index contributed by atoms with van der Waals surface area (Å²) in [6.07, 6.45) is 1.78. The van der Waals surface area contributed by atoms with Crippen LogP contribution in [-0.2, 0) is 9.59 Å². The predicted octanol–water partition coefficient (Wildman–Crippen LogP) is 2.79. The number of carbonyl (C=O) groups is 2. The average Bonchev–Trinajstić information content (AvgIpc) is 2.11. The number of rotatable bonds is 5. The van der Waals surface area contributed by atoms with Crippen molar-refractivity contribution in [2.45, 2.75) is 40.5 Å². The zero-order valence-corrected chi connectivity index (χ0v) is 10.5. The summed E-state index contributed by atoms with van der Waals surface area (Å²) in [4.78, 5) is 19.6. The van der Waals surface area contributed by atoms with Gasteiger partial charge in [0.25, 0.3) is 5.97 Å². The highest BCUT2D eigenvalue weighted by Gasteiger charge is 2.17. The predicted molar refractivity (Wildman–Crippen MR) is 63.3 cm³/mol. The summed E-state index contributed by atoms with van der Waals surface area (Å²) in [5.74, 6) is -1.02. The van der Waals surface area contributed by atoms with Crippen LogP contribution in [0.2, 0.25) is 0 Å². The minimum Gasteiger partial charge on any atom is -0.481 e. The van der Waals surface area contributed by atoms with Gasteiger partial charge in [0.2, 0.25) is 0 Å². The molecule has 16 heavy (non-hydrogen) atoms. The molecule has 0 spiro atoms. The number of carboxylic acids is 2. The molecular formula is C12H22O4. The minimum absolute atomic E-state index is 0.141. The van der Waals surface area contributed by atoms with Crippen molar-refractivity contribution in [3.8, 4) is 0 Å². The van der Waals surface area contributed by atoms with Gasteiger partial charge in [-0.25, -0.2) is 4.79 Å². The van der Waals surface area contributed by atoms with Crippen LogP contribution >= 0.6 is 0 Å². The van der Waals surface area contributed by atoms with E-state index in [1.807, 2.05) is 6.92 Å². The molecule has 0 saturated carbocycles. The zero-order chi connectivity index (χ0) is 13.3. The van der Waals surface area contributed by atoms with E-state index < -0.39 is 11.9 Å². The second-order valence-corrected chi connectivity index (χ2v) is 4.08. The lowest BCUT2D eigenvalue weighted by molar-refractivity contribution is -0.135. The molecule has 4 heteroatoms. The van der Waals surface area contributed by atoms with Crippen LogP contribution in [-0.4, -0.2) is 22.2 Å². The van der Waals surface area contributed by atoms with Gasteiger partial charge in [0.05, 0.1) is 0 Å². The largest absolute Gasteiger partial charge is 0.481 e. The third-order valence-corrected chi connectivity index (χ3v) is 2.02. The van der Waals surface area contributed by atoms with Gasteiger partial charge in [0.1, 0.15) is 0 Å². The van der Waals surface area contributed by atoms with Crippen LogP contribution in [0.3, 0.4) is 0 Å². The molecule has 0 rings (SSSR count). The van der Waals surface area contributed by atoms with Gasteiger partial charge in [0.15, 0.2) is 0 Å². The molecule has 0 aliphatic rings. The summed E-state index contributed by atoms with van der Waals surface area (Å²) in [5.41, 5.74) is 0.353. The Kier molecular flexibility index (Phi) is 9.55. The maximum atomic E-state index is 10.6. The molecule has 0 aliphatic heterocycles.